The Balaban J connectivity index is 1.97. The van der Waals surface area contributed by atoms with Crippen LogP contribution in [0, 0.1) is 0 Å². The summed E-state index contributed by atoms with van der Waals surface area (Å²) in [6, 6.07) is 0. The van der Waals surface area contributed by atoms with E-state index in [0.717, 1.165) is 18.8 Å². The molecule has 0 radical (unpaired) electrons. The number of imidazole rings is 2. The molecule has 0 fully saturated rings. The fourth-order valence-electron chi connectivity index (χ4n) is 1.29. The summed E-state index contributed by atoms with van der Waals surface area (Å²) in [5.74, 6) is 1.11. The lowest BCUT2D eigenvalue weighted by Gasteiger charge is -2.01. The number of aryl methyl sites for hydroxylation is 3. The number of hydrogen-bond donors (Lipinski definition) is 0. The SMILES string of the molecule is Cn1ccnc1CCn1ccnc1. The average Bonchev–Trinajstić information content (AvgIpc) is 2.72. The van der Waals surface area contributed by atoms with Crippen molar-refractivity contribution < 1.29 is 0 Å². The van der Waals surface area contributed by atoms with Gasteiger partial charge in [0.1, 0.15) is 5.82 Å². The van der Waals surface area contributed by atoms with Gasteiger partial charge >= 0.3 is 0 Å². The molecule has 0 atom stereocenters. The van der Waals surface area contributed by atoms with Crippen molar-refractivity contribution in [1.82, 2.24) is 19.1 Å². The minimum Gasteiger partial charge on any atom is -0.338 e. The third-order valence-corrected chi connectivity index (χ3v) is 2.07. The van der Waals surface area contributed by atoms with Gasteiger partial charge in [0, 0.05) is 44.8 Å². The third kappa shape index (κ3) is 1.77. The lowest BCUT2D eigenvalue weighted by atomic mass is 10.4. The third-order valence-electron chi connectivity index (χ3n) is 2.07. The Labute approximate surface area is 76.9 Å². The normalized spacial score (nSPS) is 10.5. The first-order chi connectivity index (χ1) is 6.36. The van der Waals surface area contributed by atoms with Crippen molar-refractivity contribution in [2.45, 2.75) is 13.0 Å². The zero-order valence-corrected chi connectivity index (χ0v) is 7.59. The molecule has 0 amide bonds. The van der Waals surface area contributed by atoms with E-state index in [4.69, 9.17) is 0 Å². The fourth-order valence-corrected chi connectivity index (χ4v) is 1.29. The van der Waals surface area contributed by atoms with Gasteiger partial charge in [-0.25, -0.2) is 9.97 Å². The van der Waals surface area contributed by atoms with Crippen molar-refractivity contribution in [2.75, 3.05) is 0 Å². The van der Waals surface area contributed by atoms with Crippen molar-refractivity contribution >= 4 is 0 Å². The monoisotopic (exact) mass is 176 g/mol. The second-order valence-electron chi connectivity index (χ2n) is 3.00. The van der Waals surface area contributed by atoms with Crippen LogP contribution in [0.5, 0.6) is 0 Å². The number of rotatable bonds is 3. The minimum atomic E-state index is 0.935. The molecule has 0 bridgehead atoms. The van der Waals surface area contributed by atoms with Gasteiger partial charge in [-0.3, -0.25) is 0 Å². The molecule has 2 rings (SSSR count). The molecule has 0 aromatic carbocycles. The summed E-state index contributed by atoms with van der Waals surface area (Å²) in [6.07, 6.45) is 10.3. The first kappa shape index (κ1) is 8.04. The van der Waals surface area contributed by atoms with Gasteiger partial charge < -0.3 is 9.13 Å². The molecule has 0 spiro atoms. The maximum absolute atomic E-state index is 4.24. The van der Waals surface area contributed by atoms with Crippen molar-refractivity contribution in [3.8, 4) is 0 Å². The van der Waals surface area contributed by atoms with E-state index < -0.39 is 0 Å². The van der Waals surface area contributed by atoms with Gasteiger partial charge in [-0.2, -0.15) is 0 Å². The quantitative estimate of drug-likeness (QED) is 0.695. The molecule has 4 heteroatoms. The lowest BCUT2D eigenvalue weighted by molar-refractivity contribution is 0.650. The number of hydrogen-bond acceptors (Lipinski definition) is 2. The zero-order valence-electron chi connectivity index (χ0n) is 7.59. The summed E-state index contributed by atoms with van der Waals surface area (Å²) in [6.45, 7) is 0.935. The second-order valence-corrected chi connectivity index (χ2v) is 3.00. The van der Waals surface area contributed by atoms with E-state index >= 15 is 0 Å². The smallest absolute Gasteiger partial charge is 0.110 e. The summed E-state index contributed by atoms with van der Waals surface area (Å²) in [5.41, 5.74) is 0. The summed E-state index contributed by atoms with van der Waals surface area (Å²) in [5, 5.41) is 0. The molecule has 0 aliphatic carbocycles. The highest BCUT2D eigenvalue weighted by atomic mass is 15.1. The summed E-state index contributed by atoms with van der Waals surface area (Å²) < 4.78 is 4.09. The Morgan fingerprint density at radius 1 is 1.31 bits per heavy atom. The van der Waals surface area contributed by atoms with Crippen LogP contribution in [0.15, 0.2) is 31.1 Å². The van der Waals surface area contributed by atoms with E-state index in [0.29, 0.717) is 0 Å². The molecule has 2 heterocycles. The predicted octanol–water partition coefficient (Wildman–Crippen LogP) is 0.859. The van der Waals surface area contributed by atoms with Crippen LogP contribution in [-0.4, -0.2) is 19.1 Å². The van der Waals surface area contributed by atoms with Crippen LogP contribution in [0.1, 0.15) is 5.82 Å². The van der Waals surface area contributed by atoms with Gasteiger partial charge in [0.25, 0.3) is 0 Å². The van der Waals surface area contributed by atoms with Crippen LogP contribution in [0.2, 0.25) is 0 Å². The molecule has 4 nitrogen and oxygen atoms in total. The maximum atomic E-state index is 4.24. The average molecular weight is 176 g/mol. The highest BCUT2D eigenvalue weighted by molar-refractivity contribution is 4.91. The summed E-state index contributed by atoms with van der Waals surface area (Å²) in [4.78, 5) is 8.22. The molecule has 0 aliphatic rings. The molecular formula is C9H12N4. The Hall–Kier alpha value is -1.58. The molecule has 0 N–H and O–H groups in total. The van der Waals surface area contributed by atoms with Crippen LogP contribution >= 0.6 is 0 Å². The van der Waals surface area contributed by atoms with Crippen LogP contribution in [-0.2, 0) is 20.0 Å². The molecule has 68 valence electrons. The summed E-state index contributed by atoms with van der Waals surface area (Å²) >= 11 is 0. The van der Waals surface area contributed by atoms with E-state index in [-0.39, 0.29) is 0 Å². The van der Waals surface area contributed by atoms with Crippen molar-refractivity contribution in [2.24, 2.45) is 7.05 Å². The van der Waals surface area contributed by atoms with Crippen molar-refractivity contribution in [3.05, 3.63) is 36.9 Å². The highest BCUT2D eigenvalue weighted by Gasteiger charge is 1.98. The van der Waals surface area contributed by atoms with E-state index in [1.54, 1.807) is 6.20 Å². The van der Waals surface area contributed by atoms with E-state index in [1.165, 1.54) is 0 Å². The summed E-state index contributed by atoms with van der Waals surface area (Å²) in [7, 11) is 2.01. The van der Waals surface area contributed by atoms with Gasteiger partial charge in [0.05, 0.1) is 6.33 Å². The van der Waals surface area contributed by atoms with Crippen molar-refractivity contribution in [1.29, 1.82) is 0 Å². The van der Waals surface area contributed by atoms with Gasteiger partial charge in [-0.1, -0.05) is 0 Å². The number of nitrogens with zero attached hydrogens (tertiary/aromatic N) is 4. The molecule has 0 saturated heterocycles. The molecule has 13 heavy (non-hydrogen) atoms. The van der Waals surface area contributed by atoms with Crippen LogP contribution < -0.4 is 0 Å². The fraction of sp³-hybridized carbons (Fsp3) is 0.333. The maximum Gasteiger partial charge on any atom is 0.110 e. The largest absolute Gasteiger partial charge is 0.338 e. The van der Waals surface area contributed by atoms with Gasteiger partial charge in [-0.15, -0.1) is 0 Å². The predicted molar refractivity (Wildman–Crippen MR) is 49.1 cm³/mol. The van der Waals surface area contributed by atoms with Gasteiger partial charge in [-0.05, 0) is 0 Å². The Bertz CT molecular complexity index is 361. The van der Waals surface area contributed by atoms with Crippen LogP contribution in [0.4, 0.5) is 0 Å². The molecule has 0 aliphatic heterocycles. The molecule has 0 saturated carbocycles. The van der Waals surface area contributed by atoms with Crippen molar-refractivity contribution in [3.63, 3.8) is 0 Å². The van der Waals surface area contributed by atoms with E-state index in [1.807, 2.05) is 36.5 Å². The highest BCUT2D eigenvalue weighted by Crippen LogP contribution is 1.97. The molecule has 2 aromatic heterocycles. The Morgan fingerprint density at radius 2 is 2.23 bits per heavy atom. The van der Waals surface area contributed by atoms with Crippen LogP contribution in [0.3, 0.4) is 0 Å². The van der Waals surface area contributed by atoms with Gasteiger partial charge in [0.2, 0.25) is 0 Å². The topological polar surface area (TPSA) is 35.6 Å². The minimum absolute atomic E-state index is 0.935. The first-order valence-corrected chi connectivity index (χ1v) is 4.28. The number of aromatic nitrogens is 4. The Morgan fingerprint density at radius 3 is 2.85 bits per heavy atom. The zero-order chi connectivity index (χ0) is 9.10. The van der Waals surface area contributed by atoms with E-state index in [2.05, 4.69) is 14.5 Å². The first-order valence-electron chi connectivity index (χ1n) is 4.28. The Kier molecular flexibility index (Phi) is 2.12. The molecule has 2 aromatic rings. The standard InChI is InChI=1S/C9H12N4/c1-12-6-4-11-9(12)2-5-13-7-3-10-8-13/h3-4,6-8H,2,5H2,1H3. The second kappa shape index (κ2) is 3.43. The lowest BCUT2D eigenvalue weighted by Crippen LogP contribution is -2.03. The molecule has 0 unspecified atom stereocenters. The van der Waals surface area contributed by atoms with Gasteiger partial charge in [0.15, 0.2) is 0 Å². The van der Waals surface area contributed by atoms with E-state index in [9.17, 15) is 0 Å². The van der Waals surface area contributed by atoms with Crippen LogP contribution in [0.25, 0.3) is 0 Å². The molecular weight excluding hydrogens is 164 g/mol.